The molecule has 0 saturated carbocycles. The van der Waals surface area contributed by atoms with Crippen LogP contribution in [0.5, 0.6) is 0 Å². The molecule has 0 aliphatic carbocycles. The Morgan fingerprint density at radius 3 is 1.96 bits per heavy atom. The molecule has 47 heavy (non-hydrogen) atoms. The molecule has 1 heterocycles. The number of nitrogens with one attached hydrogen (secondary N) is 2. The van der Waals surface area contributed by atoms with E-state index in [1.54, 1.807) is 5.32 Å². The summed E-state index contributed by atoms with van der Waals surface area (Å²) in [6, 6.07) is 16.1. The fourth-order valence-electron chi connectivity index (χ4n) is 4.67. The summed E-state index contributed by atoms with van der Waals surface area (Å²) >= 11 is 0. The van der Waals surface area contributed by atoms with Gasteiger partial charge in [0, 0.05) is 25.9 Å². The summed E-state index contributed by atoms with van der Waals surface area (Å²) in [6.45, 7) is 2.77. The molecule has 3 amide bonds. The normalized spacial score (nSPS) is 13.2. The molecule has 2 aromatic carbocycles. The molecule has 0 atom stereocenters. The molecule has 0 aromatic heterocycles. The molecule has 13 heteroatoms. The van der Waals surface area contributed by atoms with Gasteiger partial charge in [-0.15, -0.1) is 0 Å². The van der Waals surface area contributed by atoms with Crippen LogP contribution in [0.2, 0.25) is 0 Å². The second-order valence-corrected chi connectivity index (χ2v) is 10.7. The molecule has 1 aliphatic heterocycles. The molecule has 0 spiro atoms. The van der Waals surface area contributed by atoms with Gasteiger partial charge in [0.05, 0.1) is 65.1 Å². The van der Waals surface area contributed by atoms with Crippen LogP contribution in [0, 0.1) is 0 Å². The van der Waals surface area contributed by atoms with Gasteiger partial charge in [0.25, 0.3) is 0 Å². The van der Waals surface area contributed by atoms with Crippen molar-refractivity contribution in [3.63, 3.8) is 0 Å². The van der Waals surface area contributed by atoms with E-state index in [0.717, 1.165) is 41.6 Å². The van der Waals surface area contributed by atoms with Crippen LogP contribution in [0.3, 0.4) is 0 Å². The average molecular weight is 664 g/mol. The molecule has 2 aromatic rings. The Labute approximate surface area is 273 Å². The monoisotopic (exact) mass is 663 g/mol. The Morgan fingerprint density at radius 1 is 0.660 bits per heavy atom. The summed E-state index contributed by atoms with van der Waals surface area (Å²) in [4.78, 5) is 37.9. The Morgan fingerprint density at radius 2 is 1.26 bits per heavy atom. The number of hydrogen-bond acceptors (Lipinski definition) is 7. The number of fused-ring (bicyclic) bond motifs is 2. The highest BCUT2D eigenvalue weighted by atomic mass is 19.4. The van der Waals surface area contributed by atoms with E-state index in [0.29, 0.717) is 45.9 Å². The van der Waals surface area contributed by atoms with E-state index in [4.69, 9.17) is 18.9 Å². The number of hydrogen-bond donors (Lipinski definition) is 2. The number of anilines is 1. The maximum atomic E-state index is 13.3. The van der Waals surface area contributed by atoms with Gasteiger partial charge in [-0.1, -0.05) is 61.0 Å². The highest BCUT2D eigenvalue weighted by molar-refractivity contribution is 5.97. The average Bonchev–Trinajstić information content (AvgIpc) is 3.04. The van der Waals surface area contributed by atoms with Crippen molar-refractivity contribution in [2.24, 2.45) is 0 Å². The summed E-state index contributed by atoms with van der Waals surface area (Å²) in [5.41, 5.74) is 4.15. The maximum Gasteiger partial charge on any atom is 0.471 e. The van der Waals surface area contributed by atoms with Gasteiger partial charge in [-0.2, -0.15) is 13.2 Å². The number of halogens is 3. The van der Waals surface area contributed by atoms with Gasteiger partial charge in [-0.05, 0) is 35.6 Å². The van der Waals surface area contributed by atoms with Crippen LogP contribution in [-0.2, 0) is 39.9 Å². The number of alkyl halides is 3. The first-order valence-corrected chi connectivity index (χ1v) is 15.8. The lowest BCUT2D eigenvalue weighted by molar-refractivity contribution is -0.173. The third-order valence-electron chi connectivity index (χ3n) is 7.12. The molecule has 258 valence electrons. The minimum Gasteiger partial charge on any atom is -0.379 e. The van der Waals surface area contributed by atoms with E-state index in [-0.39, 0.29) is 51.2 Å². The predicted molar refractivity (Wildman–Crippen MR) is 171 cm³/mol. The van der Waals surface area contributed by atoms with Crippen molar-refractivity contribution < 1.29 is 46.5 Å². The number of unbranched alkanes of at least 4 members (excludes halogenated alkanes) is 2. The van der Waals surface area contributed by atoms with Gasteiger partial charge in [0.15, 0.2) is 0 Å². The topological polar surface area (TPSA) is 115 Å². The van der Waals surface area contributed by atoms with Crippen molar-refractivity contribution >= 4 is 35.6 Å². The lowest BCUT2D eigenvalue weighted by Crippen LogP contribution is -2.38. The second-order valence-electron chi connectivity index (χ2n) is 10.7. The van der Waals surface area contributed by atoms with Crippen molar-refractivity contribution in [2.75, 3.05) is 70.8 Å². The quantitative estimate of drug-likeness (QED) is 0.189. The summed E-state index contributed by atoms with van der Waals surface area (Å²) in [5.74, 6) is -2.00. The minimum atomic E-state index is -4.90. The molecule has 0 radical (unpaired) electrons. The number of carbonyl (C=O) groups is 3. The zero-order valence-corrected chi connectivity index (χ0v) is 26.5. The summed E-state index contributed by atoms with van der Waals surface area (Å²) in [6.07, 6.45) is 2.28. The van der Waals surface area contributed by atoms with Crippen LogP contribution in [0.4, 0.5) is 18.9 Å². The summed E-state index contributed by atoms with van der Waals surface area (Å²) < 4.78 is 57.2. The first-order chi connectivity index (χ1) is 22.8. The summed E-state index contributed by atoms with van der Waals surface area (Å²) in [5, 5.41) is 4.59. The number of rotatable bonds is 21. The van der Waals surface area contributed by atoms with Gasteiger partial charge in [0.2, 0.25) is 11.8 Å². The first kappa shape index (κ1) is 37.7. The third kappa shape index (κ3) is 14.7. The van der Waals surface area contributed by atoms with Gasteiger partial charge in [-0.3, -0.25) is 14.4 Å². The largest absolute Gasteiger partial charge is 0.471 e. The lowest BCUT2D eigenvalue weighted by atomic mass is 10.0. The Kier molecular flexibility index (Phi) is 17.0. The molecule has 10 nitrogen and oxygen atoms in total. The van der Waals surface area contributed by atoms with Crippen molar-refractivity contribution in [3.05, 3.63) is 65.2 Å². The molecule has 0 bridgehead atoms. The fraction of sp³-hybridized carbons (Fsp3) is 0.500. The fourth-order valence-corrected chi connectivity index (χ4v) is 4.67. The van der Waals surface area contributed by atoms with E-state index in [1.165, 1.54) is 0 Å². The number of ether oxygens (including phenoxy) is 4. The van der Waals surface area contributed by atoms with E-state index >= 15 is 0 Å². The van der Waals surface area contributed by atoms with Crippen molar-refractivity contribution in [3.8, 4) is 0 Å². The van der Waals surface area contributed by atoms with Crippen molar-refractivity contribution in [1.29, 1.82) is 0 Å². The predicted octanol–water partition coefficient (Wildman–Crippen LogP) is 4.52. The second kappa shape index (κ2) is 21.2. The van der Waals surface area contributed by atoms with Gasteiger partial charge < -0.3 is 34.5 Å². The van der Waals surface area contributed by atoms with Crippen LogP contribution in [-0.4, -0.2) is 89.8 Å². The number of benzene rings is 2. The van der Waals surface area contributed by atoms with E-state index in [2.05, 4.69) is 29.6 Å². The van der Waals surface area contributed by atoms with E-state index < -0.39 is 12.1 Å². The Balaban J connectivity index is 1.13. The third-order valence-corrected chi connectivity index (χ3v) is 7.12. The Hall–Kier alpha value is -3.78. The zero-order valence-electron chi connectivity index (χ0n) is 26.5. The van der Waals surface area contributed by atoms with Gasteiger partial charge in [0.1, 0.15) is 0 Å². The van der Waals surface area contributed by atoms with Crippen molar-refractivity contribution in [2.45, 2.75) is 44.8 Å². The minimum absolute atomic E-state index is 0.0524. The van der Waals surface area contributed by atoms with E-state index in [9.17, 15) is 27.6 Å². The zero-order chi connectivity index (χ0) is 33.7. The molecule has 3 rings (SSSR count). The van der Waals surface area contributed by atoms with Crippen molar-refractivity contribution in [1.82, 2.24) is 10.6 Å². The van der Waals surface area contributed by atoms with Crippen LogP contribution in [0.25, 0.3) is 12.2 Å². The Bertz CT molecular complexity index is 1290. The number of amides is 3. The number of carbonyl (C=O) groups excluding carboxylic acids is 3. The molecule has 0 saturated heterocycles. The number of para-hydroxylation sites is 1. The molecule has 0 unspecified atom stereocenters. The molecular formula is C34H44F3N3O7. The SMILES string of the molecule is O=C(CCOCCOCCOCCOCCNC(=O)C(F)(F)F)NCCCCCC(=O)N1Cc2ccccc2/C=C\c2ccccc21. The highest BCUT2D eigenvalue weighted by Gasteiger charge is 2.38. The molecule has 2 N–H and O–H groups in total. The van der Waals surface area contributed by atoms with E-state index in [1.807, 2.05) is 41.3 Å². The lowest BCUT2D eigenvalue weighted by Gasteiger charge is -2.27. The first-order valence-electron chi connectivity index (χ1n) is 15.8. The highest BCUT2D eigenvalue weighted by Crippen LogP contribution is 2.29. The van der Waals surface area contributed by atoms with Crippen LogP contribution >= 0.6 is 0 Å². The van der Waals surface area contributed by atoms with Gasteiger partial charge >= 0.3 is 12.1 Å². The number of nitrogens with zero attached hydrogens (tertiary/aromatic N) is 1. The van der Waals surface area contributed by atoms with Crippen LogP contribution in [0.1, 0.15) is 48.8 Å². The van der Waals surface area contributed by atoms with Crippen LogP contribution < -0.4 is 15.5 Å². The smallest absolute Gasteiger partial charge is 0.379 e. The van der Waals surface area contributed by atoms with Crippen LogP contribution in [0.15, 0.2) is 48.5 Å². The molecular weight excluding hydrogens is 619 g/mol. The maximum absolute atomic E-state index is 13.3. The standard InChI is InChI=1S/C34H44F3N3O7/c35-34(36,37)33(43)39-17-19-45-21-23-47-25-24-46-22-20-44-18-15-31(41)38-16-7-1-2-12-32(42)40-26-29-10-4-3-8-27(29)13-14-28-9-5-6-11-30(28)40/h3-6,8-11,13-14H,1-2,7,12,15-26H2,(H,38,41)(H,39,43)/b14-13-. The molecule has 1 aliphatic rings. The van der Waals surface area contributed by atoms with Gasteiger partial charge in [-0.25, -0.2) is 0 Å². The molecule has 0 fully saturated rings. The summed E-state index contributed by atoms with van der Waals surface area (Å²) in [7, 11) is 0.